The van der Waals surface area contributed by atoms with Crippen LogP contribution in [0.3, 0.4) is 0 Å². The van der Waals surface area contributed by atoms with Crippen LogP contribution in [0.25, 0.3) is 0 Å². The van der Waals surface area contributed by atoms with Crippen molar-refractivity contribution in [3.63, 3.8) is 0 Å². The second-order valence-corrected chi connectivity index (χ2v) is 9.85. The van der Waals surface area contributed by atoms with E-state index in [2.05, 4.69) is 57.7 Å². The lowest BCUT2D eigenvalue weighted by molar-refractivity contribution is -0.139. The van der Waals surface area contributed by atoms with Gasteiger partial charge < -0.3 is 20.4 Å². The third-order valence-corrected chi connectivity index (χ3v) is 7.65. The molecule has 6 heteroatoms. The van der Waals surface area contributed by atoms with Gasteiger partial charge in [-0.25, -0.2) is 0 Å². The van der Waals surface area contributed by atoms with Gasteiger partial charge in [-0.1, -0.05) is 56.5 Å². The van der Waals surface area contributed by atoms with E-state index in [-0.39, 0.29) is 29.8 Å². The van der Waals surface area contributed by atoms with Crippen LogP contribution in [0.15, 0.2) is 30.3 Å². The molecule has 0 aromatic heterocycles. The molecular formula is C27H44N4O2. The molecule has 2 N–H and O–H groups in total. The van der Waals surface area contributed by atoms with E-state index < -0.39 is 6.04 Å². The number of nitrogens with one attached hydrogen (secondary N) is 2. The molecule has 6 nitrogen and oxygen atoms in total. The first-order valence-electron chi connectivity index (χ1n) is 13.1. The number of likely N-dealkylation sites (N-methyl/N-ethyl adjacent to an activating group) is 2. The van der Waals surface area contributed by atoms with Crippen molar-refractivity contribution >= 4 is 11.8 Å². The Kier molecular flexibility index (Phi) is 10.2. The summed E-state index contributed by atoms with van der Waals surface area (Å²) in [5, 5.41) is 6.15. The van der Waals surface area contributed by atoms with Gasteiger partial charge >= 0.3 is 0 Å². The van der Waals surface area contributed by atoms with Crippen molar-refractivity contribution in [3.05, 3.63) is 35.9 Å². The van der Waals surface area contributed by atoms with Crippen LogP contribution in [0, 0.1) is 5.92 Å². The van der Waals surface area contributed by atoms with Gasteiger partial charge in [0.1, 0.15) is 6.04 Å². The van der Waals surface area contributed by atoms with Crippen LogP contribution >= 0.6 is 0 Å². The van der Waals surface area contributed by atoms with Gasteiger partial charge in [-0.05, 0) is 64.1 Å². The van der Waals surface area contributed by atoms with Crippen LogP contribution in [-0.2, 0) is 16.0 Å². The van der Waals surface area contributed by atoms with Crippen molar-refractivity contribution in [1.82, 2.24) is 20.4 Å². The van der Waals surface area contributed by atoms with Gasteiger partial charge in [0.2, 0.25) is 11.8 Å². The predicted octanol–water partition coefficient (Wildman–Crippen LogP) is 3.22. The van der Waals surface area contributed by atoms with Crippen molar-refractivity contribution in [2.75, 3.05) is 33.2 Å². The minimum Gasteiger partial charge on any atom is -0.343 e. The molecular weight excluding hydrogens is 412 g/mol. The number of carbonyl (C=O) groups excluding carboxylic acids is 2. The van der Waals surface area contributed by atoms with Crippen LogP contribution in [0.4, 0.5) is 0 Å². The summed E-state index contributed by atoms with van der Waals surface area (Å²) in [6.45, 7) is 7.75. The third kappa shape index (κ3) is 7.28. The summed E-state index contributed by atoms with van der Waals surface area (Å²) in [6.07, 6.45) is 8.71. The van der Waals surface area contributed by atoms with Crippen molar-refractivity contribution < 1.29 is 9.59 Å². The van der Waals surface area contributed by atoms with E-state index in [0.29, 0.717) is 0 Å². The van der Waals surface area contributed by atoms with Gasteiger partial charge in [0.25, 0.3) is 0 Å². The summed E-state index contributed by atoms with van der Waals surface area (Å²) in [4.78, 5) is 31.1. The molecule has 2 fully saturated rings. The number of hydrogen-bond acceptors (Lipinski definition) is 4. The van der Waals surface area contributed by atoms with E-state index in [1.165, 1.54) is 12.0 Å². The molecule has 1 aliphatic carbocycles. The summed E-state index contributed by atoms with van der Waals surface area (Å²) in [6, 6.07) is 10.2. The number of hydrogen-bond donors (Lipinski definition) is 2. The highest BCUT2D eigenvalue weighted by Crippen LogP contribution is 2.29. The first-order valence-corrected chi connectivity index (χ1v) is 13.1. The Balaban J connectivity index is 1.65. The number of nitrogens with zero attached hydrogens (tertiary/aromatic N) is 2. The normalized spacial score (nSPS) is 21.2. The molecule has 1 saturated heterocycles. The fourth-order valence-corrected chi connectivity index (χ4v) is 5.36. The third-order valence-electron chi connectivity index (χ3n) is 7.65. The minimum absolute atomic E-state index is 0.0739. The van der Waals surface area contributed by atoms with E-state index >= 15 is 0 Å². The lowest BCUT2D eigenvalue weighted by atomic mass is 9.83. The molecule has 2 amide bonds. The largest absolute Gasteiger partial charge is 0.343 e. The fraction of sp³-hybridized carbons (Fsp3) is 0.704. The summed E-state index contributed by atoms with van der Waals surface area (Å²) < 4.78 is 0. The number of benzene rings is 1. The second kappa shape index (κ2) is 13.1. The summed E-state index contributed by atoms with van der Waals surface area (Å²) >= 11 is 0. The Hall–Kier alpha value is -1.92. The minimum atomic E-state index is -0.395. The molecule has 33 heavy (non-hydrogen) atoms. The summed E-state index contributed by atoms with van der Waals surface area (Å²) in [5.74, 6) is 0.316. The SMILES string of the molecule is CCN(CCc1ccccc1)C[C@@H]1CCCN1C(=O)[C@H](NC(=O)[C@H](C)NC)C1CCCCC1. The molecule has 1 aliphatic heterocycles. The van der Waals surface area contributed by atoms with Crippen LogP contribution < -0.4 is 10.6 Å². The number of carbonyl (C=O) groups is 2. The van der Waals surface area contributed by atoms with Gasteiger partial charge in [-0.3, -0.25) is 9.59 Å². The van der Waals surface area contributed by atoms with E-state index in [4.69, 9.17) is 0 Å². The van der Waals surface area contributed by atoms with Gasteiger partial charge in [0, 0.05) is 25.7 Å². The molecule has 0 unspecified atom stereocenters. The van der Waals surface area contributed by atoms with Crippen molar-refractivity contribution in [2.24, 2.45) is 5.92 Å². The first-order chi connectivity index (χ1) is 16.0. The van der Waals surface area contributed by atoms with E-state index in [1.807, 2.05) is 6.92 Å². The van der Waals surface area contributed by atoms with Crippen molar-refractivity contribution in [2.45, 2.75) is 83.3 Å². The smallest absolute Gasteiger partial charge is 0.245 e. The lowest BCUT2D eigenvalue weighted by Crippen LogP contribution is -2.57. The molecule has 1 aromatic rings. The zero-order valence-electron chi connectivity index (χ0n) is 20.9. The van der Waals surface area contributed by atoms with Crippen molar-refractivity contribution in [1.29, 1.82) is 0 Å². The topological polar surface area (TPSA) is 64.7 Å². The Labute approximate surface area is 200 Å². The zero-order chi connectivity index (χ0) is 23.6. The highest BCUT2D eigenvalue weighted by Gasteiger charge is 2.38. The van der Waals surface area contributed by atoms with E-state index in [1.54, 1.807) is 7.05 Å². The average Bonchev–Trinajstić information content (AvgIpc) is 3.33. The van der Waals surface area contributed by atoms with Crippen LogP contribution in [-0.4, -0.2) is 73.0 Å². The van der Waals surface area contributed by atoms with Gasteiger partial charge in [-0.2, -0.15) is 0 Å². The molecule has 1 heterocycles. The van der Waals surface area contributed by atoms with Gasteiger partial charge in [0.05, 0.1) is 6.04 Å². The quantitative estimate of drug-likeness (QED) is 0.537. The monoisotopic (exact) mass is 456 g/mol. The maximum Gasteiger partial charge on any atom is 0.245 e. The van der Waals surface area contributed by atoms with E-state index in [9.17, 15) is 9.59 Å². The fourth-order valence-electron chi connectivity index (χ4n) is 5.36. The maximum absolute atomic E-state index is 13.8. The highest BCUT2D eigenvalue weighted by atomic mass is 16.2. The number of rotatable bonds is 11. The van der Waals surface area contributed by atoms with Crippen LogP contribution in [0.5, 0.6) is 0 Å². The zero-order valence-corrected chi connectivity index (χ0v) is 20.9. The van der Waals surface area contributed by atoms with Gasteiger partial charge in [-0.15, -0.1) is 0 Å². The molecule has 3 rings (SSSR count). The maximum atomic E-state index is 13.8. The molecule has 1 saturated carbocycles. The lowest BCUT2D eigenvalue weighted by Gasteiger charge is -2.36. The number of amides is 2. The predicted molar refractivity (Wildman–Crippen MR) is 134 cm³/mol. The molecule has 3 atom stereocenters. The summed E-state index contributed by atoms with van der Waals surface area (Å²) in [7, 11) is 1.78. The molecule has 0 spiro atoms. The first kappa shape index (κ1) is 25.7. The highest BCUT2D eigenvalue weighted by molar-refractivity contribution is 5.90. The Bertz CT molecular complexity index is 735. The van der Waals surface area contributed by atoms with E-state index in [0.717, 1.165) is 71.1 Å². The second-order valence-electron chi connectivity index (χ2n) is 9.85. The Morgan fingerprint density at radius 1 is 1.09 bits per heavy atom. The molecule has 2 aliphatic rings. The molecule has 1 aromatic carbocycles. The van der Waals surface area contributed by atoms with Crippen LogP contribution in [0.1, 0.15) is 64.4 Å². The average molecular weight is 457 g/mol. The van der Waals surface area contributed by atoms with Crippen molar-refractivity contribution in [3.8, 4) is 0 Å². The Morgan fingerprint density at radius 2 is 1.82 bits per heavy atom. The summed E-state index contributed by atoms with van der Waals surface area (Å²) in [5.41, 5.74) is 1.36. The molecule has 184 valence electrons. The van der Waals surface area contributed by atoms with Crippen LogP contribution in [0.2, 0.25) is 0 Å². The molecule has 0 bridgehead atoms. The number of likely N-dealkylation sites (tertiary alicyclic amines) is 1. The standard InChI is InChI=1S/C27H44N4O2/c1-4-30(19-17-22-12-7-5-8-13-22)20-24-16-11-18-31(24)27(33)25(23-14-9-6-10-15-23)29-26(32)21(2)28-3/h5,7-8,12-13,21,23-25,28H,4,6,9-11,14-20H2,1-3H3,(H,29,32)/t21-,24-,25+/m0/s1. The molecule has 0 radical (unpaired) electrons. The van der Waals surface area contributed by atoms with Gasteiger partial charge in [0.15, 0.2) is 0 Å². The Morgan fingerprint density at radius 3 is 2.48 bits per heavy atom.